The van der Waals surface area contributed by atoms with Gasteiger partial charge in [-0.05, 0) is 37.1 Å². The van der Waals surface area contributed by atoms with Crippen LogP contribution in [0.25, 0.3) is 6.08 Å². The molecule has 0 radical (unpaired) electrons. The molecule has 8 heteroatoms. The topological polar surface area (TPSA) is 105 Å². The fourth-order valence-corrected chi connectivity index (χ4v) is 2.79. The van der Waals surface area contributed by atoms with Crippen molar-refractivity contribution in [2.24, 2.45) is 0 Å². The zero-order chi connectivity index (χ0) is 20.3. The number of non-ortho nitro benzene ring substituents is 1. The van der Waals surface area contributed by atoms with Crippen molar-refractivity contribution in [1.82, 2.24) is 0 Å². The quantitative estimate of drug-likeness (QED) is 0.325. The number of benzene rings is 2. The molecule has 1 aliphatic heterocycles. The van der Waals surface area contributed by atoms with Gasteiger partial charge in [-0.2, -0.15) is 0 Å². The Hall–Kier alpha value is -3.68. The van der Waals surface area contributed by atoms with Gasteiger partial charge in [0.1, 0.15) is 11.5 Å². The molecule has 0 saturated carbocycles. The second-order valence-electron chi connectivity index (χ2n) is 6.00. The third-order valence-corrected chi connectivity index (χ3v) is 3.98. The number of rotatable bonds is 6. The maximum Gasteiger partial charge on any atom is 0.344 e. The summed E-state index contributed by atoms with van der Waals surface area (Å²) in [5.41, 5.74) is 1.41. The number of Topliss-reactive ketones (excluding diaryl/α,β-unsaturated/α-hetero) is 1. The summed E-state index contributed by atoms with van der Waals surface area (Å²) in [5, 5.41) is 10.9. The molecule has 0 saturated heterocycles. The van der Waals surface area contributed by atoms with Crippen LogP contribution in [0.4, 0.5) is 5.69 Å². The minimum absolute atomic E-state index is 0.0566. The van der Waals surface area contributed by atoms with Crippen molar-refractivity contribution in [2.45, 2.75) is 13.8 Å². The van der Waals surface area contributed by atoms with Crippen LogP contribution < -0.4 is 9.47 Å². The maximum atomic E-state index is 12.7. The highest BCUT2D eigenvalue weighted by atomic mass is 16.6. The normalized spacial score (nSPS) is 13.8. The molecule has 0 amide bonds. The fourth-order valence-electron chi connectivity index (χ4n) is 2.79. The zero-order valence-electron chi connectivity index (χ0n) is 15.3. The largest absolute Gasteiger partial charge is 0.482 e. The van der Waals surface area contributed by atoms with Gasteiger partial charge in [-0.1, -0.05) is 12.1 Å². The van der Waals surface area contributed by atoms with Gasteiger partial charge >= 0.3 is 5.97 Å². The van der Waals surface area contributed by atoms with E-state index in [4.69, 9.17) is 14.2 Å². The number of carbonyl (C=O) groups is 2. The molecule has 2 aromatic rings. The highest BCUT2D eigenvalue weighted by molar-refractivity contribution is 6.15. The third-order valence-electron chi connectivity index (χ3n) is 3.98. The summed E-state index contributed by atoms with van der Waals surface area (Å²) in [6.07, 6.45) is 1.45. The fraction of sp³-hybridized carbons (Fsp3) is 0.200. The Morgan fingerprint density at radius 2 is 2.07 bits per heavy atom. The van der Waals surface area contributed by atoms with Crippen molar-refractivity contribution in [3.8, 4) is 11.5 Å². The second kappa shape index (κ2) is 7.91. The van der Waals surface area contributed by atoms with E-state index in [0.717, 1.165) is 0 Å². The first-order chi connectivity index (χ1) is 13.4. The Morgan fingerprint density at radius 1 is 1.29 bits per heavy atom. The number of hydrogen-bond donors (Lipinski definition) is 0. The van der Waals surface area contributed by atoms with Crippen molar-refractivity contribution in [2.75, 3.05) is 13.2 Å². The van der Waals surface area contributed by atoms with Gasteiger partial charge in [0.25, 0.3) is 5.69 Å². The molecule has 1 aliphatic rings. The molecule has 144 valence electrons. The number of allylic oxidation sites excluding steroid dienone is 1. The molecule has 0 bridgehead atoms. The highest BCUT2D eigenvalue weighted by Crippen LogP contribution is 2.37. The van der Waals surface area contributed by atoms with E-state index in [2.05, 4.69) is 0 Å². The molecule has 1 heterocycles. The predicted molar refractivity (Wildman–Crippen MR) is 99.3 cm³/mol. The lowest BCUT2D eigenvalue weighted by Crippen LogP contribution is -2.14. The summed E-state index contributed by atoms with van der Waals surface area (Å²) in [4.78, 5) is 34.5. The Kier molecular flexibility index (Phi) is 5.39. The van der Waals surface area contributed by atoms with E-state index < -0.39 is 10.9 Å². The number of ketones is 1. The molecule has 0 fully saturated rings. The van der Waals surface area contributed by atoms with Gasteiger partial charge in [0.05, 0.1) is 17.1 Å². The number of fused-ring (bicyclic) bond motifs is 1. The number of nitro benzene ring substituents is 1. The molecule has 28 heavy (non-hydrogen) atoms. The number of aryl methyl sites for hydroxylation is 1. The van der Waals surface area contributed by atoms with Crippen LogP contribution in [0, 0.1) is 17.0 Å². The molecule has 2 aromatic carbocycles. The molecule has 0 N–H and O–H groups in total. The summed E-state index contributed by atoms with van der Waals surface area (Å²) in [5.74, 6) is -0.0877. The second-order valence-corrected chi connectivity index (χ2v) is 6.00. The van der Waals surface area contributed by atoms with Gasteiger partial charge in [-0.25, -0.2) is 4.79 Å². The number of hydrogen-bond acceptors (Lipinski definition) is 7. The Balaban J connectivity index is 1.84. The molecule has 8 nitrogen and oxygen atoms in total. The standard InChI is InChI=1S/C20H17NO7/c1-3-26-18(22)11-27-15-7-12(2)19-16(10-15)28-17(20(19)23)9-13-5-4-6-14(8-13)21(24)25/h4-10H,3,11H2,1-2H3/b17-9-. The molecular weight excluding hydrogens is 366 g/mol. The van der Waals surface area contributed by atoms with Crippen LogP contribution in [0.1, 0.15) is 28.4 Å². The summed E-state index contributed by atoms with van der Waals surface area (Å²) >= 11 is 0. The number of nitro groups is 1. The third kappa shape index (κ3) is 4.01. The summed E-state index contributed by atoms with van der Waals surface area (Å²) in [6, 6.07) is 9.05. The van der Waals surface area contributed by atoms with Gasteiger partial charge in [0, 0.05) is 18.2 Å². The average Bonchev–Trinajstić information content (AvgIpc) is 2.96. The van der Waals surface area contributed by atoms with Gasteiger partial charge in [-0.15, -0.1) is 0 Å². The summed E-state index contributed by atoms with van der Waals surface area (Å²) < 4.78 is 15.8. The first kappa shape index (κ1) is 19.1. The summed E-state index contributed by atoms with van der Waals surface area (Å²) in [6.45, 7) is 3.44. The van der Waals surface area contributed by atoms with Crippen molar-refractivity contribution < 1.29 is 28.7 Å². The van der Waals surface area contributed by atoms with Gasteiger partial charge < -0.3 is 14.2 Å². The molecule has 0 aromatic heterocycles. The molecule has 0 spiro atoms. The van der Waals surface area contributed by atoms with Gasteiger partial charge in [0.2, 0.25) is 5.78 Å². The minimum Gasteiger partial charge on any atom is -0.482 e. The van der Waals surface area contributed by atoms with E-state index in [1.165, 1.54) is 30.3 Å². The average molecular weight is 383 g/mol. The van der Waals surface area contributed by atoms with Crippen LogP contribution in [0.15, 0.2) is 42.2 Å². The maximum absolute atomic E-state index is 12.7. The number of ether oxygens (including phenoxy) is 3. The zero-order valence-corrected chi connectivity index (χ0v) is 15.3. The Morgan fingerprint density at radius 3 is 2.79 bits per heavy atom. The molecule has 0 unspecified atom stereocenters. The van der Waals surface area contributed by atoms with Crippen molar-refractivity contribution in [3.05, 3.63) is 69.0 Å². The van der Waals surface area contributed by atoms with E-state index in [9.17, 15) is 19.7 Å². The molecule has 3 rings (SSSR count). The van der Waals surface area contributed by atoms with Crippen LogP contribution in [-0.2, 0) is 9.53 Å². The molecular formula is C20H17NO7. The minimum atomic E-state index is -0.509. The number of esters is 1. The van der Waals surface area contributed by atoms with Crippen LogP contribution in [-0.4, -0.2) is 29.9 Å². The predicted octanol–water partition coefficient (Wildman–Crippen LogP) is 3.46. The van der Waals surface area contributed by atoms with E-state index >= 15 is 0 Å². The van der Waals surface area contributed by atoms with E-state index in [1.807, 2.05) is 0 Å². The lowest BCUT2D eigenvalue weighted by Gasteiger charge is -2.08. The first-order valence-electron chi connectivity index (χ1n) is 8.50. The van der Waals surface area contributed by atoms with E-state index in [0.29, 0.717) is 28.2 Å². The Labute approximate surface area is 160 Å². The van der Waals surface area contributed by atoms with E-state index in [1.54, 1.807) is 26.0 Å². The monoisotopic (exact) mass is 383 g/mol. The number of carbonyl (C=O) groups excluding carboxylic acids is 2. The van der Waals surface area contributed by atoms with Crippen molar-refractivity contribution in [3.63, 3.8) is 0 Å². The lowest BCUT2D eigenvalue weighted by atomic mass is 10.0. The van der Waals surface area contributed by atoms with Crippen molar-refractivity contribution in [1.29, 1.82) is 0 Å². The van der Waals surface area contributed by atoms with Crippen LogP contribution in [0.2, 0.25) is 0 Å². The first-order valence-corrected chi connectivity index (χ1v) is 8.50. The van der Waals surface area contributed by atoms with Crippen LogP contribution in [0.3, 0.4) is 0 Å². The SMILES string of the molecule is CCOC(=O)COc1cc(C)c2c(c1)O/C(=C\c1cccc([N+](=O)[O-])c1)C2=O. The van der Waals surface area contributed by atoms with Crippen LogP contribution >= 0.6 is 0 Å². The molecule has 0 atom stereocenters. The van der Waals surface area contributed by atoms with Gasteiger partial charge in [0.15, 0.2) is 12.4 Å². The smallest absolute Gasteiger partial charge is 0.344 e. The van der Waals surface area contributed by atoms with E-state index in [-0.39, 0.29) is 30.4 Å². The van der Waals surface area contributed by atoms with Crippen LogP contribution in [0.5, 0.6) is 11.5 Å². The van der Waals surface area contributed by atoms with Crippen molar-refractivity contribution >= 4 is 23.5 Å². The summed E-state index contributed by atoms with van der Waals surface area (Å²) in [7, 11) is 0. The number of nitrogens with zero attached hydrogens (tertiary/aromatic N) is 1. The highest BCUT2D eigenvalue weighted by Gasteiger charge is 2.30. The lowest BCUT2D eigenvalue weighted by molar-refractivity contribution is -0.384. The molecule has 0 aliphatic carbocycles. The van der Waals surface area contributed by atoms with Gasteiger partial charge in [-0.3, -0.25) is 14.9 Å². The Bertz CT molecular complexity index is 994.